The molecule has 2 N–H and O–H groups in total. The van der Waals surface area contributed by atoms with E-state index in [2.05, 4.69) is 15.8 Å². The molecule has 0 aromatic heterocycles. The molecule has 2 amide bonds. The summed E-state index contributed by atoms with van der Waals surface area (Å²) in [6, 6.07) is 14.3. The number of hydrogen-bond acceptors (Lipinski definition) is 5. The van der Waals surface area contributed by atoms with Gasteiger partial charge in [0, 0.05) is 5.71 Å². The van der Waals surface area contributed by atoms with Gasteiger partial charge in [-0.05, 0) is 36.8 Å². The van der Waals surface area contributed by atoms with Gasteiger partial charge in [-0.1, -0.05) is 24.3 Å². The summed E-state index contributed by atoms with van der Waals surface area (Å²) in [7, 11) is 3.12. The number of benzene rings is 2. The molecule has 0 saturated carbocycles. The molecule has 0 spiro atoms. The first-order valence-corrected chi connectivity index (χ1v) is 8.39. The second kappa shape index (κ2) is 9.96. The van der Waals surface area contributed by atoms with Crippen molar-refractivity contribution < 1.29 is 19.1 Å². The summed E-state index contributed by atoms with van der Waals surface area (Å²) in [5.41, 5.74) is 4.38. The lowest BCUT2D eigenvalue weighted by Crippen LogP contribution is -2.23. The molecule has 2 aromatic rings. The summed E-state index contributed by atoms with van der Waals surface area (Å²) in [5.74, 6) is 0.803. The lowest BCUT2D eigenvalue weighted by molar-refractivity contribution is -0.120. The van der Waals surface area contributed by atoms with Gasteiger partial charge in [-0.15, -0.1) is 0 Å². The number of para-hydroxylation sites is 2. The van der Waals surface area contributed by atoms with Crippen molar-refractivity contribution in [3.63, 3.8) is 0 Å². The summed E-state index contributed by atoms with van der Waals surface area (Å²) in [6.07, 6.45) is 0.245. The standard InChI is InChI=1S/C20H23N3O4/c1-14(12-19(24)21-17-6-4-5-7-18(17)27-3)22-23-20(25)13-15-8-10-16(26-2)11-9-15/h4-11H,12-13H2,1-3H3,(H,21,24)(H,23,25)/b22-14-. The first kappa shape index (κ1) is 20.0. The SMILES string of the molecule is COc1ccc(CC(=O)N/N=C(/C)CC(=O)Nc2ccccc2OC)cc1. The molecule has 2 aromatic carbocycles. The van der Waals surface area contributed by atoms with Crippen LogP contribution in [0.15, 0.2) is 53.6 Å². The predicted molar refractivity (Wildman–Crippen MR) is 104 cm³/mol. The lowest BCUT2D eigenvalue weighted by Gasteiger charge is -2.09. The fraction of sp³-hybridized carbons (Fsp3) is 0.250. The van der Waals surface area contributed by atoms with Crippen LogP contribution in [-0.4, -0.2) is 31.7 Å². The van der Waals surface area contributed by atoms with Crippen LogP contribution in [0.25, 0.3) is 0 Å². The Morgan fingerprint density at radius 2 is 1.67 bits per heavy atom. The Morgan fingerprint density at radius 3 is 2.33 bits per heavy atom. The van der Waals surface area contributed by atoms with Gasteiger partial charge in [0.25, 0.3) is 0 Å². The van der Waals surface area contributed by atoms with Gasteiger partial charge >= 0.3 is 0 Å². The maximum absolute atomic E-state index is 12.1. The van der Waals surface area contributed by atoms with Crippen LogP contribution in [-0.2, 0) is 16.0 Å². The highest BCUT2D eigenvalue weighted by molar-refractivity contribution is 6.06. The summed E-state index contributed by atoms with van der Waals surface area (Å²) in [5, 5.41) is 6.74. The second-order valence-corrected chi connectivity index (χ2v) is 5.83. The largest absolute Gasteiger partial charge is 0.497 e. The number of ether oxygens (including phenoxy) is 2. The van der Waals surface area contributed by atoms with E-state index in [4.69, 9.17) is 9.47 Å². The Labute approximate surface area is 158 Å². The number of anilines is 1. The highest BCUT2D eigenvalue weighted by atomic mass is 16.5. The molecule has 7 heteroatoms. The van der Waals surface area contributed by atoms with Gasteiger partial charge in [0.1, 0.15) is 11.5 Å². The van der Waals surface area contributed by atoms with E-state index in [-0.39, 0.29) is 24.7 Å². The minimum atomic E-state index is -0.260. The fourth-order valence-corrected chi connectivity index (χ4v) is 2.34. The number of rotatable bonds is 8. The zero-order valence-corrected chi connectivity index (χ0v) is 15.6. The minimum Gasteiger partial charge on any atom is -0.497 e. The van der Waals surface area contributed by atoms with Crippen LogP contribution in [0.4, 0.5) is 5.69 Å². The van der Waals surface area contributed by atoms with Crippen LogP contribution < -0.4 is 20.2 Å². The molecule has 0 aliphatic heterocycles. The molecule has 0 saturated heterocycles. The van der Waals surface area contributed by atoms with Crippen molar-refractivity contribution in [3.05, 3.63) is 54.1 Å². The Kier molecular flexibility index (Phi) is 7.37. The van der Waals surface area contributed by atoms with E-state index in [0.717, 1.165) is 11.3 Å². The maximum Gasteiger partial charge on any atom is 0.244 e. The number of nitrogens with zero attached hydrogens (tertiary/aromatic N) is 1. The van der Waals surface area contributed by atoms with E-state index < -0.39 is 0 Å². The van der Waals surface area contributed by atoms with Crippen LogP contribution in [0, 0.1) is 0 Å². The quantitative estimate of drug-likeness (QED) is 0.553. The van der Waals surface area contributed by atoms with Crippen LogP contribution in [0.5, 0.6) is 11.5 Å². The van der Waals surface area contributed by atoms with E-state index in [9.17, 15) is 9.59 Å². The molecule has 0 fully saturated rings. The summed E-state index contributed by atoms with van der Waals surface area (Å²) in [4.78, 5) is 24.1. The topological polar surface area (TPSA) is 89.0 Å². The van der Waals surface area contributed by atoms with Crippen molar-refractivity contribution in [1.82, 2.24) is 5.43 Å². The second-order valence-electron chi connectivity index (χ2n) is 5.83. The molecule has 0 aliphatic rings. The Balaban J connectivity index is 1.83. The first-order chi connectivity index (χ1) is 13.0. The lowest BCUT2D eigenvalue weighted by atomic mass is 10.1. The number of hydrazone groups is 1. The first-order valence-electron chi connectivity index (χ1n) is 8.39. The maximum atomic E-state index is 12.1. The monoisotopic (exact) mass is 369 g/mol. The zero-order chi connectivity index (χ0) is 19.6. The van der Waals surface area contributed by atoms with Crippen molar-refractivity contribution in [1.29, 1.82) is 0 Å². The van der Waals surface area contributed by atoms with Crippen LogP contribution >= 0.6 is 0 Å². The minimum absolute atomic E-state index is 0.0564. The molecule has 0 heterocycles. The van der Waals surface area contributed by atoms with Crippen LogP contribution in [0.1, 0.15) is 18.9 Å². The van der Waals surface area contributed by atoms with Gasteiger partial charge in [-0.3, -0.25) is 9.59 Å². The van der Waals surface area contributed by atoms with E-state index in [1.165, 1.54) is 7.11 Å². The zero-order valence-electron chi connectivity index (χ0n) is 15.6. The van der Waals surface area contributed by atoms with E-state index in [1.807, 2.05) is 18.2 Å². The molecular formula is C20H23N3O4. The highest BCUT2D eigenvalue weighted by Gasteiger charge is 2.09. The third kappa shape index (κ3) is 6.47. The van der Waals surface area contributed by atoms with Gasteiger partial charge in [-0.2, -0.15) is 5.10 Å². The number of carbonyl (C=O) groups is 2. The molecule has 7 nitrogen and oxygen atoms in total. The fourth-order valence-electron chi connectivity index (χ4n) is 2.34. The third-order valence-electron chi connectivity index (χ3n) is 3.69. The average molecular weight is 369 g/mol. The number of carbonyl (C=O) groups excluding carboxylic acids is 2. The number of nitrogens with one attached hydrogen (secondary N) is 2. The Morgan fingerprint density at radius 1 is 0.963 bits per heavy atom. The average Bonchev–Trinajstić information content (AvgIpc) is 2.67. The molecule has 0 unspecified atom stereocenters. The van der Waals surface area contributed by atoms with Gasteiger partial charge in [-0.25, -0.2) is 5.43 Å². The van der Waals surface area contributed by atoms with E-state index in [1.54, 1.807) is 44.4 Å². The number of methoxy groups -OCH3 is 2. The number of hydrogen-bond donors (Lipinski definition) is 2. The molecule has 0 atom stereocenters. The third-order valence-corrected chi connectivity index (χ3v) is 3.69. The van der Waals surface area contributed by atoms with Crippen molar-refractivity contribution in [2.24, 2.45) is 5.10 Å². The van der Waals surface area contributed by atoms with Crippen molar-refractivity contribution in [3.8, 4) is 11.5 Å². The molecule has 142 valence electrons. The van der Waals surface area contributed by atoms with Gasteiger partial charge in [0.15, 0.2) is 0 Å². The van der Waals surface area contributed by atoms with Crippen LogP contribution in [0.3, 0.4) is 0 Å². The van der Waals surface area contributed by atoms with Crippen molar-refractivity contribution in [2.45, 2.75) is 19.8 Å². The van der Waals surface area contributed by atoms with Crippen molar-refractivity contribution >= 4 is 23.2 Å². The Hall–Kier alpha value is -3.35. The van der Waals surface area contributed by atoms with Gasteiger partial charge in [0.05, 0.1) is 32.7 Å². The summed E-state index contributed by atoms with van der Waals surface area (Å²) < 4.78 is 10.3. The highest BCUT2D eigenvalue weighted by Crippen LogP contribution is 2.23. The van der Waals surface area contributed by atoms with Gasteiger partial charge < -0.3 is 14.8 Å². The predicted octanol–water partition coefficient (Wildman–Crippen LogP) is 2.77. The molecule has 0 aliphatic carbocycles. The molecular weight excluding hydrogens is 346 g/mol. The van der Waals surface area contributed by atoms with E-state index in [0.29, 0.717) is 17.1 Å². The van der Waals surface area contributed by atoms with Crippen LogP contribution in [0.2, 0.25) is 0 Å². The normalized spacial score (nSPS) is 10.9. The molecule has 2 rings (SSSR count). The number of amides is 2. The van der Waals surface area contributed by atoms with Crippen molar-refractivity contribution in [2.75, 3.05) is 19.5 Å². The van der Waals surface area contributed by atoms with Gasteiger partial charge in [0.2, 0.25) is 11.8 Å². The smallest absolute Gasteiger partial charge is 0.244 e. The summed E-state index contributed by atoms with van der Waals surface area (Å²) in [6.45, 7) is 1.68. The van der Waals surface area contributed by atoms with E-state index >= 15 is 0 Å². The molecule has 0 radical (unpaired) electrons. The Bertz CT molecular complexity index is 816. The molecule has 27 heavy (non-hydrogen) atoms. The summed E-state index contributed by atoms with van der Waals surface area (Å²) >= 11 is 0. The molecule has 0 bridgehead atoms.